The molecule has 3 atom stereocenters. The molecule has 0 aromatic carbocycles. The molecule has 0 aromatic rings. The highest BCUT2D eigenvalue weighted by molar-refractivity contribution is 5.85. The number of hydrogen-bond acceptors (Lipinski definition) is 2. The molecule has 0 aromatic heterocycles. The lowest BCUT2D eigenvalue weighted by Gasteiger charge is -2.14. The summed E-state index contributed by atoms with van der Waals surface area (Å²) in [6.45, 7) is 6.16. The molecule has 2 nitrogen and oxygen atoms in total. The Labute approximate surface area is 80.7 Å². The maximum Gasteiger partial charge on any atom is 0.164 e. The molecule has 1 aliphatic rings. The Bertz CT molecular complexity index is 177. The van der Waals surface area contributed by atoms with E-state index in [0.29, 0.717) is 5.78 Å². The topological polar surface area (TPSA) is 26.3 Å². The third-order valence-corrected chi connectivity index (χ3v) is 2.76. The minimum atomic E-state index is -0.100. The Balaban J connectivity index is 2.38. The van der Waals surface area contributed by atoms with Gasteiger partial charge < -0.3 is 4.74 Å². The number of carbonyl (C=O) groups excluding carboxylic acids is 1. The first-order valence-corrected chi connectivity index (χ1v) is 5.34. The smallest absolute Gasteiger partial charge is 0.164 e. The van der Waals surface area contributed by atoms with Crippen LogP contribution in [0.4, 0.5) is 0 Å². The Kier molecular flexibility index (Phi) is 3.91. The van der Waals surface area contributed by atoms with Crippen LogP contribution in [-0.2, 0) is 9.53 Å². The Morgan fingerprint density at radius 3 is 2.69 bits per heavy atom. The predicted octanol–water partition coefficient (Wildman–Crippen LogP) is 2.56. The van der Waals surface area contributed by atoms with Crippen LogP contribution in [0.5, 0.6) is 0 Å². The van der Waals surface area contributed by atoms with E-state index in [1.54, 1.807) is 0 Å². The molecule has 0 radical (unpaired) electrons. The first-order valence-electron chi connectivity index (χ1n) is 5.34. The fourth-order valence-electron chi connectivity index (χ4n) is 1.90. The molecular formula is C11H20O2. The summed E-state index contributed by atoms with van der Waals surface area (Å²) in [6, 6.07) is 0. The van der Waals surface area contributed by atoms with Crippen molar-refractivity contribution in [1.82, 2.24) is 0 Å². The van der Waals surface area contributed by atoms with E-state index in [0.717, 1.165) is 25.7 Å². The number of rotatable bonds is 4. The molecule has 1 rings (SSSR count). The molecule has 0 N–H and O–H groups in total. The van der Waals surface area contributed by atoms with E-state index in [2.05, 4.69) is 6.92 Å². The normalized spacial score (nSPS) is 30.4. The van der Waals surface area contributed by atoms with Crippen molar-refractivity contribution >= 4 is 5.78 Å². The lowest BCUT2D eigenvalue weighted by atomic mass is 9.96. The van der Waals surface area contributed by atoms with Crippen LogP contribution in [0.2, 0.25) is 0 Å². The second-order valence-electron chi connectivity index (χ2n) is 4.10. The molecule has 0 saturated carbocycles. The average molecular weight is 184 g/mol. The summed E-state index contributed by atoms with van der Waals surface area (Å²) in [5.41, 5.74) is 0. The lowest BCUT2D eigenvalue weighted by molar-refractivity contribution is -0.133. The van der Waals surface area contributed by atoms with Gasteiger partial charge in [-0.05, 0) is 26.2 Å². The summed E-state index contributed by atoms with van der Waals surface area (Å²) in [6.07, 6.45) is 4.21. The van der Waals surface area contributed by atoms with E-state index in [1.165, 1.54) is 0 Å². The van der Waals surface area contributed by atoms with Gasteiger partial charge in [0.15, 0.2) is 5.78 Å². The van der Waals surface area contributed by atoms with Gasteiger partial charge in [-0.25, -0.2) is 0 Å². The molecular weight excluding hydrogens is 164 g/mol. The highest BCUT2D eigenvalue weighted by Gasteiger charge is 2.30. The molecule has 3 unspecified atom stereocenters. The van der Waals surface area contributed by atoms with E-state index in [4.69, 9.17) is 4.74 Å². The fraction of sp³-hybridized carbons (Fsp3) is 0.909. The highest BCUT2D eigenvalue weighted by Crippen LogP contribution is 2.23. The van der Waals surface area contributed by atoms with Crippen LogP contribution < -0.4 is 0 Å². The first kappa shape index (κ1) is 10.7. The van der Waals surface area contributed by atoms with E-state index in [9.17, 15) is 4.79 Å². The molecule has 76 valence electrons. The van der Waals surface area contributed by atoms with Gasteiger partial charge >= 0.3 is 0 Å². The molecule has 0 amide bonds. The van der Waals surface area contributed by atoms with Crippen LogP contribution >= 0.6 is 0 Å². The molecule has 1 saturated heterocycles. The Hall–Kier alpha value is -0.370. The summed E-state index contributed by atoms with van der Waals surface area (Å²) in [4.78, 5) is 11.8. The number of ether oxygens (including phenoxy) is 1. The number of carbonyl (C=O) groups is 1. The molecule has 0 bridgehead atoms. The van der Waals surface area contributed by atoms with Gasteiger partial charge in [0, 0.05) is 5.92 Å². The Morgan fingerprint density at radius 2 is 2.23 bits per heavy atom. The van der Waals surface area contributed by atoms with Crippen LogP contribution in [0.1, 0.15) is 46.5 Å². The van der Waals surface area contributed by atoms with Crippen molar-refractivity contribution in [3.8, 4) is 0 Å². The molecule has 1 aliphatic heterocycles. The van der Waals surface area contributed by atoms with Gasteiger partial charge in [0.2, 0.25) is 0 Å². The van der Waals surface area contributed by atoms with Crippen molar-refractivity contribution in [2.75, 3.05) is 0 Å². The monoisotopic (exact) mass is 184 g/mol. The van der Waals surface area contributed by atoms with Crippen LogP contribution in [0.15, 0.2) is 0 Å². The maximum absolute atomic E-state index is 11.8. The standard InChI is InChI=1S/C11H20O2/c1-4-5-8(2)11(12)10-7-6-9(3)13-10/h8-10H,4-7H2,1-3H3. The zero-order valence-corrected chi connectivity index (χ0v) is 8.88. The highest BCUT2D eigenvalue weighted by atomic mass is 16.5. The number of ketones is 1. The summed E-state index contributed by atoms with van der Waals surface area (Å²) in [7, 11) is 0. The predicted molar refractivity (Wildman–Crippen MR) is 52.6 cm³/mol. The average Bonchev–Trinajstić information content (AvgIpc) is 2.51. The summed E-state index contributed by atoms with van der Waals surface area (Å²) in [5.74, 6) is 0.492. The zero-order valence-electron chi connectivity index (χ0n) is 8.88. The molecule has 1 heterocycles. The van der Waals surface area contributed by atoms with Gasteiger partial charge in [0.05, 0.1) is 6.10 Å². The molecule has 2 heteroatoms. The molecule has 0 aliphatic carbocycles. The molecule has 13 heavy (non-hydrogen) atoms. The van der Waals surface area contributed by atoms with Crippen molar-refractivity contribution in [2.24, 2.45) is 5.92 Å². The summed E-state index contributed by atoms with van der Waals surface area (Å²) >= 11 is 0. The van der Waals surface area contributed by atoms with Gasteiger partial charge in [-0.3, -0.25) is 4.79 Å². The van der Waals surface area contributed by atoms with Crippen LogP contribution in [0.25, 0.3) is 0 Å². The fourth-order valence-corrected chi connectivity index (χ4v) is 1.90. The van der Waals surface area contributed by atoms with E-state index in [1.807, 2.05) is 13.8 Å². The zero-order chi connectivity index (χ0) is 9.84. The van der Waals surface area contributed by atoms with Gasteiger partial charge in [0.1, 0.15) is 6.10 Å². The maximum atomic E-state index is 11.8. The van der Waals surface area contributed by atoms with Crippen molar-refractivity contribution in [3.05, 3.63) is 0 Å². The lowest BCUT2D eigenvalue weighted by Crippen LogP contribution is -2.26. The summed E-state index contributed by atoms with van der Waals surface area (Å²) in [5, 5.41) is 0. The largest absolute Gasteiger partial charge is 0.367 e. The Morgan fingerprint density at radius 1 is 1.54 bits per heavy atom. The van der Waals surface area contributed by atoms with Crippen LogP contribution in [-0.4, -0.2) is 18.0 Å². The number of hydrogen-bond donors (Lipinski definition) is 0. The quantitative estimate of drug-likeness (QED) is 0.671. The SMILES string of the molecule is CCCC(C)C(=O)C1CCC(C)O1. The minimum Gasteiger partial charge on any atom is -0.367 e. The van der Waals surface area contributed by atoms with Gasteiger partial charge in [0.25, 0.3) is 0 Å². The van der Waals surface area contributed by atoms with E-state index < -0.39 is 0 Å². The second-order valence-corrected chi connectivity index (χ2v) is 4.10. The van der Waals surface area contributed by atoms with Crippen molar-refractivity contribution in [3.63, 3.8) is 0 Å². The van der Waals surface area contributed by atoms with Gasteiger partial charge in [-0.2, -0.15) is 0 Å². The number of Topliss-reactive ketones (excluding diaryl/α,β-unsaturated/α-hetero) is 1. The second kappa shape index (κ2) is 4.75. The van der Waals surface area contributed by atoms with Crippen LogP contribution in [0, 0.1) is 5.92 Å². The third-order valence-electron chi connectivity index (χ3n) is 2.76. The first-order chi connectivity index (χ1) is 6.15. The summed E-state index contributed by atoms with van der Waals surface area (Å²) < 4.78 is 5.54. The van der Waals surface area contributed by atoms with Crippen molar-refractivity contribution in [1.29, 1.82) is 0 Å². The van der Waals surface area contributed by atoms with Gasteiger partial charge in [-0.15, -0.1) is 0 Å². The minimum absolute atomic E-state index is 0.100. The molecule has 1 fully saturated rings. The third kappa shape index (κ3) is 2.80. The molecule has 0 spiro atoms. The van der Waals surface area contributed by atoms with Gasteiger partial charge in [-0.1, -0.05) is 20.3 Å². The van der Waals surface area contributed by atoms with E-state index in [-0.39, 0.29) is 18.1 Å². The van der Waals surface area contributed by atoms with Crippen LogP contribution in [0.3, 0.4) is 0 Å². The van der Waals surface area contributed by atoms with Crippen molar-refractivity contribution in [2.45, 2.75) is 58.7 Å². The van der Waals surface area contributed by atoms with Crippen molar-refractivity contribution < 1.29 is 9.53 Å². The van der Waals surface area contributed by atoms with E-state index >= 15 is 0 Å².